The van der Waals surface area contributed by atoms with Crippen molar-refractivity contribution in [1.29, 1.82) is 0 Å². The Morgan fingerprint density at radius 2 is 1.80 bits per heavy atom. The van der Waals surface area contributed by atoms with Gasteiger partial charge in [0.1, 0.15) is 0 Å². The van der Waals surface area contributed by atoms with E-state index in [4.69, 9.17) is 9.97 Å². The Labute approximate surface area is 179 Å². The maximum absolute atomic E-state index is 4.74. The molecular formula is C22H34N8. The molecule has 30 heavy (non-hydrogen) atoms. The standard InChI is InChI=1S/C22H34N8/c1-15(2)29(16(3)4)11-10-24-20-19-21(30(14-26-19)17(5)6)28-22(27-20)25-13-18-8-7-9-23-12-18/h7-9,12,14-17H,10-11,13H2,1-6H3,(H2,24,25,27,28). The molecule has 3 heterocycles. The Kier molecular flexibility index (Phi) is 7.20. The summed E-state index contributed by atoms with van der Waals surface area (Å²) in [7, 11) is 0. The van der Waals surface area contributed by atoms with Crippen LogP contribution >= 0.6 is 0 Å². The van der Waals surface area contributed by atoms with E-state index in [2.05, 4.69) is 71.6 Å². The van der Waals surface area contributed by atoms with Gasteiger partial charge in [0.25, 0.3) is 0 Å². The maximum Gasteiger partial charge on any atom is 0.227 e. The molecule has 0 atom stereocenters. The number of hydrogen-bond acceptors (Lipinski definition) is 7. The lowest BCUT2D eigenvalue weighted by molar-refractivity contribution is 0.182. The summed E-state index contributed by atoms with van der Waals surface area (Å²) in [6.07, 6.45) is 5.46. The van der Waals surface area contributed by atoms with Gasteiger partial charge in [0.2, 0.25) is 5.95 Å². The van der Waals surface area contributed by atoms with Crippen molar-refractivity contribution in [3.05, 3.63) is 36.4 Å². The summed E-state index contributed by atoms with van der Waals surface area (Å²) >= 11 is 0. The van der Waals surface area contributed by atoms with E-state index in [1.807, 2.05) is 24.7 Å². The molecule has 0 amide bonds. The molecule has 0 aliphatic rings. The van der Waals surface area contributed by atoms with Crippen molar-refractivity contribution in [2.75, 3.05) is 23.7 Å². The number of pyridine rings is 1. The molecule has 0 unspecified atom stereocenters. The number of aromatic nitrogens is 5. The molecular weight excluding hydrogens is 376 g/mol. The van der Waals surface area contributed by atoms with Gasteiger partial charge in [-0.25, -0.2) is 4.98 Å². The van der Waals surface area contributed by atoms with Crippen molar-refractivity contribution in [2.24, 2.45) is 0 Å². The van der Waals surface area contributed by atoms with E-state index in [9.17, 15) is 0 Å². The highest BCUT2D eigenvalue weighted by atomic mass is 15.2. The van der Waals surface area contributed by atoms with Crippen molar-refractivity contribution >= 4 is 22.9 Å². The molecule has 8 nitrogen and oxygen atoms in total. The zero-order valence-corrected chi connectivity index (χ0v) is 18.9. The summed E-state index contributed by atoms with van der Waals surface area (Å²) in [4.78, 5) is 20.7. The monoisotopic (exact) mass is 410 g/mol. The second kappa shape index (κ2) is 9.84. The highest BCUT2D eigenvalue weighted by molar-refractivity contribution is 5.84. The second-order valence-electron chi connectivity index (χ2n) is 8.38. The minimum Gasteiger partial charge on any atom is -0.367 e. The summed E-state index contributed by atoms with van der Waals surface area (Å²) in [6, 6.07) is 5.21. The van der Waals surface area contributed by atoms with Gasteiger partial charge >= 0.3 is 0 Å². The summed E-state index contributed by atoms with van der Waals surface area (Å²) in [5.74, 6) is 1.35. The van der Waals surface area contributed by atoms with E-state index < -0.39 is 0 Å². The van der Waals surface area contributed by atoms with Crippen molar-refractivity contribution in [3.8, 4) is 0 Å². The average molecular weight is 411 g/mol. The molecule has 0 aromatic carbocycles. The third-order valence-electron chi connectivity index (χ3n) is 5.14. The van der Waals surface area contributed by atoms with Crippen molar-refractivity contribution in [2.45, 2.75) is 66.2 Å². The van der Waals surface area contributed by atoms with Crippen LogP contribution in [0.15, 0.2) is 30.9 Å². The van der Waals surface area contributed by atoms with Gasteiger partial charge in [0, 0.05) is 50.2 Å². The van der Waals surface area contributed by atoms with Crippen LogP contribution in [-0.4, -0.2) is 54.6 Å². The molecule has 8 heteroatoms. The lowest BCUT2D eigenvalue weighted by Gasteiger charge is -2.30. The largest absolute Gasteiger partial charge is 0.367 e. The molecule has 0 aliphatic heterocycles. The summed E-state index contributed by atoms with van der Waals surface area (Å²) < 4.78 is 2.08. The number of nitrogens with zero attached hydrogens (tertiary/aromatic N) is 6. The minimum atomic E-state index is 0.265. The zero-order chi connectivity index (χ0) is 21.7. The van der Waals surface area contributed by atoms with Gasteiger partial charge in [-0.15, -0.1) is 0 Å². The smallest absolute Gasteiger partial charge is 0.227 e. The Morgan fingerprint density at radius 1 is 1.03 bits per heavy atom. The molecule has 0 radical (unpaired) electrons. The van der Waals surface area contributed by atoms with Crippen LogP contribution in [-0.2, 0) is 6.54 Å². The Hall–Kier alpha value is -2.74. The van der Waals surface area contributed by atoms with E-state index in [1.165, 1.54) is 0 Å². The van der Waals surface area contributed by atoms with Crippen LogP contribution in [0.25, 0.3) is 11.2 Å². The fourth-order valence-electron chi connectivity index (χ4n) is 3.60. The van der Waals surface area contributed by atoms with E-state index >= 15 is 0 Å². The predicted octanol–water partition coefficient (Wildman–Crippen LogP) is 3.95. The molecule has 3 aromatic rings. The van der Waals surface area contributed by atoms with Crippen LogP contribution < -0.4 is 10.6 Å². The first-order chi connectivity index (χ1) is 14.4. The van der Waals surface area contributed by atoms with Crippen LogP contribution in [0.3, 0.4) is 0 Å². The van der Waals surface area contributed by atoms with E-state index in [0.717, 1.165) is 35.6 Å². The molecule has 0 spiro atoms. The van der Waals surface area contributed by atoms with Crippen LogP contribution in [0.2, 0.25) is 0 Å². The van der Waals surface area contributed by atoms with Gasteiger partial charge in [0.05, 0.1) is 6.33 Å². The molecule has 2 N–H and O–H groups in total. The number of fused-ring (bicyclic) bond motifs is 1. The van der Waals surface area contributed by atoms with Crippen LogP contribution in [0.4, 0.5) is 11.8 Å². The molecule has 0 fully saturated rings. The fourth-order valence-corrected chi connectivity index (χ4v) is 3.60. The first-order valence-corrected chi connectivity index (χ1v) is 10.7. The maximum atomic E-state index is 4.74. The van der Waals surface area contributed by atoms with Gasteiger partial charge in [-0.3, -0.25) is 9.88 Å². The number of hydrogen-bond donors (Lipinski definition) is 2. The number of imidazole rings is 1. The second-order valence-corrected chi connectivity index (χ2v) is 8.38. The number of rotatable bonds is 10. The van der Waals surface area contributed by atoms with Crippen molar-refractivity contribution in [1.82, 2.24) is 29.4 Å². The summed E-state index contributed by atoms with van der Waals surface area (Å²) in [5, 5.41) is 6.83. The zero-order valence-electron chi connectivity index (χ0n) is 18.9. The highest BCUT2D eigenvalue weighted by Crippen LogP contribution is 2.23. The molecule has 162 valence electrons. The Bertz CT molecular complexity index is 925. The third kappa shape index (κ3) is 5.24. The number of nitrogens with one attached hydrogen (secondary N) is 2. The molecule has 0 bridgehead atoms. The van der Waals surface area contributed by atoms with E-state index in [-0.39, 0.29) is 6.04 Å². The fraction of sp³-hybridized carbons (Fsp3) is 0.545. The Balaban J connectivity index is 1.82. The lowest BCUT2D eigenvalue weighted by atomic mass is 10.2. The normalized spacial score (nSPS) is 11.9. The van der Waals surface area contributed by atoms with Crippen LogP contribution in [0.5, 0.6) is 0 Å². The molecule has 0 saturated carbocycles. The third-order valence-corrected chi connectivity index (χ3v) is 5.14. The molecule has 3 rings (SSSR count). The van der Waals surface area contributed by atoms with E-state index in [0.29, 0.717) is 24.6 Å². The number of anilines is 2. The lowest BCUT2D eigenvalue weighted by Crippen LogP contribution is -2.40. The van der Waals surface area contributed by atoms with Gasteiger partial charge in [-0.05, 0) is 53.2 Å². The molecule has 0 aliphatic carbocycles. The van der Waals surface area contributed by atoms with Crippen molar-refractivity contribution in [3.63, 3.8) is 0 Å². The van der Waals surface area contributed by atoms with Gasteiger partial charge < -0.3 is 15.2 Å². The van der Waals surface area contributed by atoms with Gasteiger partial charge in [-0.2, -0.15) is 9.97 Å². The topological polar surface area (TPSA) is 83.8 Å². The first kappa shape index (κ1) is 22.0. The predicted molar refractivity (Wildman–Crippen MR) is 123 cm³/mol. The summed E-state index contributed by atoms with van der Waals surface area (Å²) in [5.41, 5.74) is 2.72. The Morgan fingerprint density at radius 3 is 2.43 bits per heavy atom. The van der Waals surface area contributed by atoms with Gasteiger partial charge in [-0.1, -0.05) is 6.07 Å². The van der Waals surface area contributed by atoms with Crippen LogP contribution in [0.1, 0.15) is 53.1 Å². The molecule has 0 saturated heterocycles. The quantitative estimate of drug-likeness (QED) is 0.524. The highest BCUT2D eigenvalue weighted by Gasteiger charge is 2.16. The first-order valence-electron chi connectivity index (χ1n) is 10.7. The minimum absolute atomic E-state index is 0.265. The van der Waals surface area contributed by atoms with Crippen LogP contribution in [0, 0.1) is 0 Å². The van der Waals surface area contributed by atoms with E-state index in [1.54, 1.807) is 6.20 Å². The average Bonchev–Trinajstić information content (AvgIpc) is 3.14. The van der Waals surface area contributed by atoms with Gasteiger partial charge in [0.15, 0.2) is 17.0 Å². The summed E-state index contributed by atoms with van der Waals surface area (Å²) in [6.45, 7) is 15.5. The SMILES string of the molecule is CC(C)N(CCNc1nc(NCc2cccnc2)nc2c1ncn2C(C)C)C(C)C. The van der Waals surface area contributed by atoms with Crippen molar-refractivity contribution < 1.29 is 0 Å². The molecule has 3 aromatic heterocycles.